The summed E-state index contributed by atoms with van der Waals surface area (Å²) in [6.07, 6.45) is 0.883. The summed E-state index contributed by atoms with van der Waals surface area (Å²) >= 11 is 5.43. The SMILES string of the molecule is O=C(O)Cc1cnc(Cl)c([N+](=O)[O-])c1. The van der Waals surface area contributed by atoms with Gasteiger partial charge in [0.1, 0.15) is 0 Å². The van der Waals surface area contributed by atoms with Crippen molar-refractivity contribution in [1.82, 2.24) is 4.98 Å². The van der Waals surface area contributed by atoms with Crippen LogP contribution in [0.2, 0.25) is 5.15 Å². The minimum Gasteiger partial charge on any atom is -0.481 e. The molecule has 0 spiro atoms. The Morgan fingerprint density at radius 3 is 2.86 bits per heavy atom. The van der Waals surface area contributed by atoms with E-state index in [0.29, 0.717) is 0 Å². The van der Waals surface area contributed by atoms with E-state index in [1.54, 1.807) is 0 Å². The van der Waals surface area contributed by atoms with Crippen molar-refractivity contribution in [1.29, 1.82) is 0 Å². The highest BCUT2D eigenvalue weighted by atomic mass is 35.5. The summed E-state index contributed by atoms with van der Waals surface area (Å²) in [6, 6.07) is 1.10. The third-order valence-corrected chi connectivity index (χ3v) is 1.72. The van der Waals surface area contributed by atoms with Crippen LogP contribution in [0.5, 0.6) is 0 Å². The second-order valence-electron chi connectivity index (χ2n) is 2.48. The van der Waals surface area contributed by atoms with Gasteiger partial charge in [0.25, 0.3) is 0 Å². The van der Waals surface area contributed by atoms with E-state index >= 15 is 0 Å². The lowest BCUT2D eigenvalue weighted by Crippen LogP contribution is -2.02. The molecular formula is C7H5ClN2O4. The number of halogens is 1. The van der Waals surface area contributed by atoms with Crippen LogP contribution in [-0.2, 0) is 11.2 Å². The van der Waals surface area contributed by atoms with Gasteiger partial charge in [-0.25, -0.2) is 4.98 Å². The van der Waals surface area contributed by atoms with Gasteiger partial charge in [0.15, 0.2) is 0 Å². The Hall–Kier alpha value is -1.69. The molecule has 7 heteroatoms. The Balaban J connectivity index is 3.06. The molecule has 0 saturated carbocycles. The van der Waals surface area contributed by atoms with E-state index in [1.165, 1.54) is 6.20 Å². The first-order valence-electron chi connectivity index (χ1n) is 3.51. The second kappa shape index (κ2) is 4.01. The Bertz CT molecular complexity index is 393. The Morgan fingerprint density at radius 2 is 2.36 bits per heavy atom. The third kappa shape index (κ3) is 2.40. The minimum atomic E-state index is -1.08. The van der Waals surface area contributed by atoms with Crippen LogP contribution >= 0.6 is 11.6 Å². The van der Waals surface area contributed by atoms with Crippen LogP contribution in [0.3, 0.4) is 0 Å². The number of hydrogen-bond acceptors (Lipinski definition) is 4. The molecule has 1 N–H and O–H groups in total. The summed E-state index contributed by atoms with van der Waals surface area (Å²) in [5.74, 6) is -1.08. The van der Waals surface area contributed by atoms with Crippen molar-refractivity contribution in [2.24, 2.45) is 0 Å². The maximum atomic E-state index is 10.4. The molecule has 0 fully saturated rings. The lowest BCUT2D eigenvalue weighted by atomic mass is 10.2. The molecule has 0 saturated heterocycles. The number of pyridine rings is 1. The van der Waals surface area contributed by atoms with Crippen LogP contribution < -0.4 is 0 Å². The van der Waals surface area contributed by atoms with Crippen LogP contribution in [0, 0.1) is 10.1 Å². The fraction of sp³-hybridized carbons (Fsp3) is 0.143. The standard InChI is InChI=1S/C7H5ClN2O4/c8-7-5(10(13)14)1-4(3-9-7)2-6(11)12/h1,3H,2H2,(H,11,12). The second-order valence-corrected chi connectivity index (χ2v) is 2.84. The Labute approximate surface area is 83.3 Å². The zero-order chi connectivity index (χ0) is 10.7. The summed E-state index contributed by atoms with van der Waals surface area (Å²) in [6.45, 7) is 0. The van der Waals surface area contributed by atoms with Gasteiger partial charge in [0.2, 0.25) is 5.15 Å². The van der Waals surface area contributed by atoms with Gasteiger partial charge in [-0.1, -0.05) is 11.6 Å². The molecule has 0 bridgehead atoms. The maximum absolute atomic E-state index is 10.4. The lowest BCUT2D eigenvalue weighted by molar-refractivity contribution is -0.385. The van der Waals surface area contributed by atoms with E-state index in [0.717, 1.165) is 6.07 Å². The van der Waals surface area contributed by atoms with E-state index in [2.05, 4.69) is 4.98 Å². The number of rotatable bonds is 3. The summed E-state index contributed by atoms with van der Waals surface area (Å²) in [5, 5.41) is 18.6. The third-order valence-electron chi connectivity index (χ3n) is 1.43. The number of aliphatic carboxylic acids is 1. The van der Waals surface area contributed by atoms with Gasteiger partial charge in [-0.3, -0.25) is 14.9 Å². The number of carboxylic acid groups (broad SMARTS) is 1. The molecule has 0 radical (unpaired) electrons. The monoisotopic (exact) mass is 216 g/mol. The van der Waals surface area contributed by atoms with Crippen molar-refractivity contribution < 1.29 is 14.8 Å². The smallest absolute Gasteiger partial charge is 0.307 e. The molecule has 0 aliphatic rings. The molecule has 1 heterocycles. The zero-order valence-corrected chi connectivity index (χ0v) is 7.56. The number of nitrogens with zero attached hydrogens (tertiary/aromatic N) is 2. The van der Waals surface area contributed by atoms with Gasteiger partial charge in [-0.2, -0.15) is 0 Å². The minimum absolute atomic E-state index is 0.244. The highest BCUT2D eigenvalue weighted by Gasteiger charge is 2.15. The molecule has 0 unspecified atom stereocenters. The predicted molar refractivity (Wildman–Crippen MR) is 47.2 cm³/mol. The quantitative estimate of drug-likeness (QED) is 0.467. The molecule has 14 heavy (non-hydrogen) atoms. The lowest BCUT2D eigenvalue weighted by Gasteiger charge is -1.97. The fourth-order valence-corrected chi connectivity index (χ4v) is 1.05. The van der Waals surface area contributed by atoms with Crippen LogP contribution in [-0.4, -0.2) is 21.0 Å². The van der Waals surface area contributed by atoms with Gasteiger partial charge in [-0.15, -0.1) is 0 Å². The van der Waals surface area contributed by atoms with Crippen LogP contribution in [0.4, 0.5) is 5.69 Å². The van der Waals surface area contributed by atoms with Gasteiger partial charge in [-0.05, 0) is 5.56 Å². The predicted octanol–water partition coefficient (Wildman–Crippen LogP) is 1.27. The Morgan fingerprint density at radius 1 is 1.71 bits per heavy atom. The number of hydrogen-bond donors (Lipinski definition) is 1. The van der Waals surface area contributed by atoms with Crippen molar-refractivity contribution >= 4 is 23.3 Å². The first-order valence-corrected chi connectivity index (χ1v) is 3.89. The molecule has 6 nitrogen and oxygen atoms in total. The van der Waals surface area contributed by atoms with E-state index in [1.807, 2.05) is 0 Å². The maximum Gasteiger partial charge on any atom is 0.307 e. The van der Waals surface area contributed by atoms with Crippen LogP contribution in [0.1, 0.15) is 5.56 Å². The Kier molecular flexibility index (Phi) is 2.98. The van der Waals surface area contributed by atoms with Crippen molar-refractivity contribution in [2.45, 2.75) is 6.42 Å². The van der Waals surface area contributed by atoms with Gasteiger partial charge in [0.05, 0.1) is 11.3 Å². The average molecular weight is 217 g/mol. The average Bonchev–Trinajstić information content (AvgIpc) is 2.07. The topological polar surface area (TPSA) is 93.3 Å². The molecule has 1 aromatic heterocycles. The molecule has 1 rings (SSSR count). The van der Waals surface area contributed by atoms with E-state index < -0.39 is 10.9 Å². The molecule has 0 aliphatic heterocycles. The molecule has 0 atom stereocenters. The number of aromatic nitrogens is 1. The van der Waals surface area contributed by atoms with Crippen molar-refractivity contribution in [3.63, 3.8) is 0 Å². The van der Waals surface area contributed by atoms with Crippen molar-refractivity contribution in [3.05, 3.63) is 33.1 Å². The summed E-state index contributed by atoms with van der Waals surface area (Å²) in [4.78, 5) is 23.5. The molecule has 74 valence electrons. The van der Waals surface area contributed by atoms with Crippen LogP contribution in [0.15, 0.2) is 12.3 Å². The van der Waals surface area contributed by atoms with Crippen molar-refractivity contribution in [3.8, 4) is 0 Å². The van der Waals surface area contributed by atoms with Crippen molar-refractivity contribution in [2.75, 3.05) is 0 Å². The summed E-state index contributed by atoms with van der Waals surface area (Å²) in [7, 11) is 0. The largest absolute Gasteiger partial charge is 0.481 e. The fourth-order valence-electron chi connectivity index (χ4n) is 0.877. The van der Waals surface area contributed by atoms with E-state index in [-0.39, 0.29) is 22.8 Å². The zero-order valence-electron chi connectivity index (χ0n) is 6.81. The normalized spacial score (nSPS) is 9.79. The molecule has 0 amide bonds. The highest BCUT2D eigenvalue weighted by Crippen LogP contribution is 2.22. The first-order chi connectivity index (χ1) is 6.50. The number of carboxylic acids is 1. The number of carbonyl (C=O) groups is 1. The van der Waals surface area contributed by atoms with Crippen LogP contribution in [0.25, 0.3) is 0 Å². The van der Waals surface area contributed by atoms with E-state index in [9.17, 15) is 14.9 Å². The molecule has 1 aromatic rings. The molecular weight excluding hydrogens is 212 g/mol. The van der Waals surface area contributed by atoms with Gasteiger partial charge < -0.3 is 5.11 Å². The summed E-state index contributed by atoms with van der Waals surface area (Å²) in [5.41, 5.74) is -0.140. The van der Waals surface area contributed by atoms with Gasteiger partial charge >= 0.3 is 11.7 Å². The van der Waals surface area contributed by atoms with Gasteiger partial charge in [0, 0.05) is 12.3 Å². The first kappa shape index (κ1) is 10.4. The number of nitro groups is 1. The summed E-state index contributed by atoms with van der Waals surface area (Å²) < 4.78 is 0. The molecule has 0 aliphatic carbocycles. The molecule has 0 aromatic carbocycles. The van der Waals surface area contributed by atoms with E-state index in [4.69, 9.17) is 16.7 Å². The highest BCUT2D eigenvalue weighted by molar-refractivity contribution is 6.31.